The van der Waals surface area contributed by atoms with Gasteiger partial charge in [-0.1, -0.05) is 25.1 Å². The molecule has 294 valence electrons. The maximum absolute atomic E-state index is 13.6. The van der Waals surface area contributed by atoms with Gasteiger partial charge in [-0.3, -0.25) is 38.0 Å². The number of aromatic nitrogens is 4. The topological polar surface area (TPSA) is 269 Å². The van der Waals surface area contributed by atoms with E-state index in [1.165, 1.54) is 37.1 Å². The van der Waals surface area contributed by atoms with Crippen LogP contribution in [0, 0.1) is 5.92 Å². The van der Waals surface area contributed by atoms with Gasteiger partial charge in [-0.2, -0.15) is 0 Å². The van der Waals surface area contributed by atoms with Crippen molar-refractivity contribution in [2.75, 3.05) is 39.7 Å². The molecule has 0 amide bonds. The van der Waals surface area contributed by atoms with Crippen molar-refractivity contribution in [1.29, 1.82) is 0 Å². The number of aromatic amines is 2. The van der Waals surface area contributed by atoms with Crippen LogP contribution < -0.4 is 27.0 Å². The lowest BCUT2D eigenvalue weighted by Gasteiger charge is -2.44. The molecule has 4 aliphatic rings. The molecule has 0 bridgehead atoms. The van der Waals surface area contributed by atoms with Crippen molar-refractivity contribution in [2.45, 2.75) is 67.8 Å². The normalized spacial score (nSPS) is 31.4. The fourth-order valence-corrected chi connectivity index (χ4v) is 8.69. The van der Waals surface area contributed by atoms with Gasteiger partial charge in [-0.25, -0.2) is 14.2 Å². The monoisotopic (exact) mass is 780 g/mol. The van der Waals surface area contributed by atoms with E-state index in [1.54, 1.807) is 30.3 Å². The summed E-state index contributed by atoms with van der Waals surface area (Å²) in [6.07, 6.45) is -2.84. The quantitative estimate of drug-likeness (QED) is 0.115. The standard InChI is InChI=1S/C22H27N2O10P.C11H14N2O6/c1-14(19(27)30-2)13-35(29,34-15-6-4-3-5-7-15)32-12-16-18(26)22(9-11-31-22)20(33-16)24-10-8-17(25)23-21(24)28;14-5-6-8(16)11(2-4-18-11)9(19-6)13-3-1-7(15)12-10(13)17/h3-8,10,14,16,18,20,26H,9,11-13H2,1-2H3,(H,23,25,28);1,3,6,8-9,14,16H,2,4-5H2,(H,12,15,17)/t14-,16?,18-,20?,22-,35?;6?,8-,9?,11-/m11/s1. The van der Waals surface area contributed by atoms with Crippen LogP contribution in [-0.4, -0.2) is 116 Å². The van der Waals surface area contributed by atoms with Crippen LogP contribution in [0.3, 0.4) is 0 Å². The summed E-state index contributed by atoms with van der Waals surface area (Å²) in [5.74, 6) is -1.10. The molecule has 2 spiro atoms. The predicted octanol–water partition coefficient (Wildman–Crippen LogP) is -1.00. The molecular weight excluding hydrogens is 739 g/mol. The van der Waals surface area contributed by atoms with Crippen LogP contribution in [0.4, 0.5) is 0 Å². The third-order valence-electron chi connectivity index (χ3n) is 9.79. The molecule has 21 heteroatoms. The van der Waals surface area contributed by atoms with Crippen LogP contribution in [0.1, 0.15) is 32.2 Å². The number of esters is 1. The number of nitrogens with zero attached hydrogens (tertiary/aromatic N) is 2. The molecule has 6 heterocycles. The number of rotatable bonds is 11. The Balaban J connectivity index is 0.000000219. The average Bonchev–Trinajstić information content (AvgIpc) is 3.58. The number of aliphatic hydroxyl groups excluding tert-OH is 3. The second-order valence-electron chi connectivity index (χ2n) is 13.2. The van der Waals surface area contributed by atoms with Crippen molar-refractivity contribution in [3.8, 4) is 5.75 Å². The largest absolute Gasteiger partial charge is 0.469 e. The van der Waals surface area contributed by atoms with Gasteiger partial charge in [-0.15, -0.1) is 0 Å². The maximum atomic E-state index is 13.6. The van der Waals surface area contributed by atoms with Gasteiger partial charge in [0.25, 0.3) is 11.1 Å². The van der Waals surface area contributed by atoms with Gasteiger partial charge in [-0.05, 0) is 12.1 Å². The van der Waals surface area contributed by atoms with Crippen LogP contribution >= 0.6 is 7.60 Å². The average molecular weight is 781 g/mol. The van der Waals surface area contributed by atoms with E-state index in [0.29, 0.717) is 26.1 Å². The molecule has 4 aliphatic heterocycles. The van der Waals surface area contributed by atoms with Gasteiger partial charge in [0.05, 0.1) is 45.6 Å². The number of para-hydroxylation sites is 1. The lowest BCUT2D eigenvalue weighted by molar-refractivity contribution is -0.227. The van der Waals surface area contributed by atoms with E-state index >= 15 is 0 Å². The molecule has 0 saturated carbocycles. The van der Waals surface area contributed by atoms with E-state index in [4.69, 9.17) is 32.7 Å². The first kappa shape index (κ1) is 39.5. The minimum Gasteiger partial charge on any atom is -0.469 e. The summed E-state index contributed by atoms with van der Waals surface area (Å²) in [5, 5.41) is 30.3. The maximum Gasteiger partial charge on any atom is 0.380 e. The van der Waals surface area contributed by atoms with E-state index in [0.717, 1.165) is 10.6 Å². The number of benzene rings is 1. The van der Waals surface area contributed by atoms with E-state index in [2.05, 4.69) is 9.97 Å². The summed E-state index contributed by atoms with van der Waals surface area (Å²) in [6, 6.07) is 10.7. The zero-order chi connectivity index (χ0) is 38.8. The van der Waals surface area contributed by atoms with Crippen molar-refractivity contribution in [3.63, 3.8) is 0 Å². The third-order valence-corrected chi connectivity index (χ3v) is 11.8. The molecule has 1 aromatic carbocycles. The first-order chi connectivity index (χ1) is 25.8. The van der Waals surface area contributed by atoms with E-state index < -0.39 is 90.1 Å². The number of H-pyrrole nitrogens is 2. The lowest BCUT2D eigenvalue weighted by Crippen LogP contribution is -2.57. The van der Waals surface area contributed by atoms with E-state index in [-0.39, 0.29) is 25.1 Å². The summed E-state index contributed by atoms with van der Waals surface area (Å²) in [7, 11) is -2.71. The van der Waals surface area contributed by atoms with Crippen molar-refractivity contribution in [3.05, 3.63) is 96.5 Å². The summed E-state index contributed by atoms with van der Waals surface area (Å²) in [4.78, 5) is 62.9. The molecule has 0 radical (unpaired) electrons. The molecule has 7 rings (SSSR count). The fraction of sp³-hybridized carbons (Fsp3) is 0.545. The minimum absolute atomic E-state index is 0.275. The van der Waals surface area contributed by atoms with Gasteiger partial charge in [0, 0.05) is 37.4 Å². The Morgan fingerprint density at radius 2 is 1.39 bits per heavy atom. The Morgan fingerprint density at radius 1 is 0.889 bits per heavy atom. The third kappa shape index (κ3) is 7.53. The number of hydrogen-bond acceptors (Lipinski definition) is 16. The second-order valence-corrected chi connectivity index (χ2v) is 15.2. The second kappa shape index (κ2) is 15.9. The van der Waals surface area contributed by atoms with E-state index in [1.807, 2.05) is 0 Å². The van der Waals surface area contributed by atoms with Gasteiger partial charge in [0.1, 0.15) is 41.4 Å². The number of ether oxygens (including phenoxy) is 5. The molecule has 4 saturated heterocycles. The zero-order valence-electron chi connectivity index (χ0n) is 29.2. The highest BCUT2D eigenvalue weighted by molar-refractivity contribution is 7.54. The molecule has 3 aromatic rings. The first-order valence-electron chi connectivity index (χ1n) is 17.0. The minimum atomic E-state index is -3.93. The van der Waals surface area contributed by atoms with Crippen LogP contribution in [-0.2, 0) is 37.6 Å². The molecule has 5 N–H and O–H groups in total. The van der Waals surface area contributed by atoms with E-state index in [9.17, 15) is 43.9 Å². The molecule has 10 atom stereocenters. The highest BCUT2D eigenvalue weighted by Crippen LogP contribution is 2.53. The fourth-order valence-electron chi connectivity index (χ4n) is 6.82. The van der Waals surface area contributed by atoms with Crippen molar-refractivity contribution >= 4 is 13.6 Å². The van der Waals surface area contributed by atoms with Crippen LogP contribution in [0.5, 0.6) is 5.75 Å². The van der Waals surface area contributed by atoms with Crippen LogP contribution in [0.2, 0.25) is 0 Å². The predicted molar refractivity (Wildman–Crippen MR) is 183 cm³/mol. The molecular formula is C33H41N4O16P. The number of nitrogens with one attached hydrogen (secondary N) is 2. The van der Waals surface area contributed by atoms with Gasteiger partial charge in [0.15, 0.2) is 12.5 Å². The molecule has 20 nitrogen and oxygen atoms in total. The Kier molecular flexibility index (Phi) is 11.6. The van der Waals surface area contributed by atoms with Crippen LogP contribution in [0.15, 0.2) is 74.0 Å². The molecule has 5 unspecified atom stereocenters. The molecule has 2 aromatic heterocycles. The number of carbonyl (C=O) groups is 1. The molecule has 4 fully saturated rings. The van der Waals surface area contributed by atoms with Crippen molar-refractivity contribution < 1.29 is 57.4 Å². The Hall–Kier alpha value is -4.24. The first-order valence-corrected chi connectivity index (χ1v) is 18.7. The summed E-state index contributed by atoms with van der Waals surface area (Å²) < 4.78 is 54.6. The van der Waals surface area contributed by atoms with Crippen LogP contribution in [0.25, 0.3) is 0 Å². The molecule has 0 aliphatic carbocycles. The number of aliphatic hydroxyl groups is 3. The van der Waals surface area contributed by atoms with Gasteiger partial charge < -0.3 is 43.5 Å². The highest BCUT2D eigenvalue weighted by Gasteiger charge is 2.63. The SMILES string of the molecule is COC(=O)[C@H](C)CP(=O)(OCC1OC(n2ccc(=O)[nH]c2=O)[C@@]2(CCO2)[C@@H]1O)Oc1ccccc1.O=c1ccn(C2OC(CO)[C@@H](O)[C@]23CCO3)c(=O)[nH]1. The zero-order valence-corrected chi connectivity index (χ0v) is 30.1. The Bertz CT molecular complexity index is 2080. The van der Waals surface area contributed by atoms with Crippen molar-refractivity contribution in [1.82, 2.24) is 19.1 Å². The summed E-state index contributed by atoms with van der Waals surface area (Å²) in [5.41, 5.74) is -4.72. The Labute approximate surface area is 305 Å². The smallest absolute Gasteiger partial charge is 0.380 e. The van der Waals surface area contributed by atoms with Gasteiger partial charge >= 0.3 is 24.9 Å². The molecule has 54 heavy (non-hydrogen) atoms. The summed E-state index contributed by atoms with van der Waals surface area (Å²) in [6.45, 7) is 1.58. The Morgan fingerprint density at radius 3 is 1.83 bits per heavy atom. The number of hydrogen-bond donors (Lipinski definition) is 5. The number of methoxy groups -OCH3 is 1. The van der Waals surface area contributed by atoms with Crippen molar-refractivity contribution in [2.24, 2.45) is 5.92 Å². The van der Waals surface area contributed by atoms with Gasteiger partial charge in [0.2, 0.25) is 0 Å². The summed E-state index contributed by atoms with van der Waals surface area (Å²) >= 11 is 0. The highest BCUT2D eigenvalue weighted by atomic mass is 31.2. The lowest BCUT2D eigenvalue weighted by atomic mass is 9.86. The number of carbonyl (C=O) groups excluding carboxylic acids is 1.